The zero-order chi connectivity index (χ0) is 53.3. The van der Waals surface area contributed by atoms with Gasteiger partial charge in [0.05, 0.1) is 37.9 Å². The zero-order valence-electron chi connectivity index (χ0n) is 43.2. The van der Waals surface area contributed by atoms with Crippen LogP contribution in [0.15, 0.2) is 22.8 Å². The van der Waals surface area contributed by atoms with E-state index in [4.69, 9.17) is 37.9 Å². The number of carbonyl (C=O) groups is 1. The third-order valence-electron chi connectivity index (χ3n) is 19.1. The van der Waals surface area contributed by atoms with Gasteiger partial charge < -0.3 is 99.2 Å². The van der Waals surface area contributed by atoms with Gasteiger partial charge in [0.1, 0.15) is 85.5 Å². The van der Waals surface area contributed by atoms with Crippen LogP contribution in [0, 0.1) is 39.4 Å². The summed E-state index contributed by atoms with van der Waals surface area (Å²) in [5, 5.41) is 129. The molecule has 21 heteroatoms. The number of aliphatic hydroxyl groups is 11. The van der Waals surface area contributed by atoms with Crippen LogP contribution in [0.25, 0.3) is 0 Å². The monoisotopic (exact) mass is 1040 g/mol. The van der Waals surface area contributed by atoms with Crippen molar-refractivity contribution >= 4 is 5.97 Å². The second-order valence-electron chi connectivity index (χ2n) is 23.8. The number of carboxylic acid groups (broad SMARTS) is 1. The van der Waals surface area contributed by atoms with Gasteiger partial charge in [-0.25, -0.2) is 0 Å². The Morgan fingerprint density at radius 2 is 1.21 bits per heavy atom. The fourth-order valence-corrected chi connectivity index (χ4v) is 15.0. The molecule has 25 atom stereocenters. The minimum atomic E-state index is -1.90. The van der Waals surface area contributed by atoms with E-state index in [0.29, 0.717) is 38.0 Å². The van der Waals surface area contributed by atoms with E-state index < -0.39 is 165 Å². The summed E-state index contributed by atoms with van der Waals surface area (Å²) in [7, 11) is 0. The quantitative estimate of drug-likeness (QED) is 0.0969. The van der Waals surface area contributed by atoms with E-state index in [0.717, 1.165) is 37.7 Å². The minimum Gasteiger partial charge on any atom is -0.481 e. The molecule has 0 aromatic carbocycles. The van der Waals surface area contributed by atoms with Crippen LogP contribution in [0.2, 0.25) is 0 Å². The number of hydrogen-bond acceptors (Lipinski definition) is 20. The molecular weight excluding hydrogens is 961 g/mol. The molecule has 8 aliphatic rings. The van der Waals surface area contributed by atoms with E-state index in [2.05, 4.69) is 54.5 Å². The molecule has 4 heterocycles. The maximum Gasteiger partial charge on any atom is 0.314 e. The maximum atomic E-state index is 13.9. The molecule has 2 saturated carbocycles. The first-order valence-corrected chi connectivity index (χ1v) is 26.5. The lowest BCUT2D eigenvalue weighted by Crippen LogP contribution is -2.66. The van der Waals surface area contributed by atoms with Crippen LogP contribution < -0.4 is 0 Å². The van der Waals surface area contributed by atoms with Crippen LogP contribution in [0.1, 0.15) is 113 Å². The van der Waals surface area contributed by atoms with Gasteiger partial charge in [-0.2, -0.15) is 0 Å². The molecule has 0 aromatic heterocycles. The topological polar surface area (TPSA) is 334 Å². The number of rotatable bonds is 15. The van der Waals surface area contributed by atoms with E-state index in [1.165, 1.54) is 11.1 Å². The number of carboxylic acids is 1. The largest absolute Gasteiger partial charge is 0.481 e. The van der Waals surface area contributed by atoms with Crippen molar-refractivity contribution in [2.45, 2.75) is 229 Å². The minimum absolute atomic E-state index is 0.0248. The van der Waals surface area contributed by atoms with Crippen LogP contribution in [0.4, 0.5) is 0 Å². The normalized spacial score (nSPS) is 49.3. The summed E-state index contributed by atoms with van der Waals surface area (Å²) in [5.41, 5.74) is 1.35. The van der Waals surface area contributed by atoms with E-state index >= 15 is 0 Å². The molecule has 4 aliphatic carbocycles. The smallest absolute Gasteiger partial charge is 0.314 e. The van der Waals surface area contributed by atoms with Crippen molar-refractivity contribution in [1.29, 1.82) is 0 Å². The van der Waals surface area contributed by atoms with Crippen LogP contribution in [-0.2, 0) is 42.7 Å². The van der Waals surface area contributed by atoms with Crippen molar-refractivity contribution in [2.24, 2.45) is 39.4 Å². The maximum absolute atomic E-state index is 13.9. The Morgan fingerprint density at radius 1 is 0.644 bits per heavy atom. The molecule has 12 N–H and O–H groups in total. The average molecular weight is 1050 g/mol. The predicted molar refractivity (Wildman–Crippen MR) is 253 cm³/mol. The fraction of sp³-hybridized carbons (Fsp3) is 0.904. The van der Waals surface area contributed by atoms with Gasteiger partial charge in [0.15, 0.2) is 25.2 Å². The van der Waals surface area contributed by atoms with Crippen LogP contribution in [0.5, 0.6) is 0 Å². The molecule has 418 valence electrons. The lowest BCUT2D eigenvalue weighted by molar-refractivity contribution is -0.390. The first-order chi connectivity index (χ1) is 34.4. The number of aliphatic hydroxyl groups excluding tert-OH is 11. The molecule has 6 fully saturated rings. The average Bonchev–Trinajstić information content (AvgIpc) is 3.67. The SMILES string of the molecule is CC(C)=CCC[C@@H](C)[C@H]1CC[C@@]2(C(=O)O)C3=C(CC[C@]12C)[C@@]1(C)CC[C@H](OC2OCC(O)C(OC4OCC(O)C(OC5OC(CO)C(O)C(O)C5O)C4O)C2OC2OC(CO)C(O)C(O)C2O)C(C)(C)C1CC3. The van der Waals surface area contributed by atoms with Gasteiger partial charge in [0, 0.05) is 0 Å². The van der Waals surface area contributed by atoms with Crippen molar-refractivity contribution in [3.63, 3.8) is 0 Å². The highest BCUT2D eigenvalue weighted by molar-refractivity contribution is 5.82. The highest BCUT2D eigenvalue weighted by Crippen LogP contribution is 2.73. The third kappa shape index (κ3) is 10.1. The van der Waals surface area contributed by atoms with Gasteiger partial charge in [-0.15, -0.1) is 0 Å². The van der Waals surface area contributed by atoms with Crippen LogP contribution in [0.3, 0.4) is 0 Å². The van der Waals surface area contributed by atoms with Crippen molar-refractivity contribution < 1.29 is 104 Å². The molecule has 4 aliphatic heterocycles. The molecule has 8 rings (SSSR count). The van der Waals surface area contributed by atoms with E-state index in [1.54, 1.807) is 0 Å². The molecule has 19 unspecified atom stereocenters. The molecule has 0 spiro atoms. The second kappa shape index (κ2) is 22.1. The molecule has 0 aromatic rings. The standard InChI is InChI=1S/C52H84O21/c1-23(2)9-8-10-24(3)25-14-18-52(48(64)65)27-11-12-32-49(4,5)33(15-16-50(32,6)26(27)13-17-51(25,52)7)70-47-43(73-46-39(62)37(60)35(58)31(20-54)69-46)42(29(56)22-67-47)72-44-40(63)41(28(55)21-66-44)71-45-38(61)36(59)34(57)30(19-53)68-45/h9,24-25,28-47,53-63H,8,10-22H2,1-7H3,(H,64,65)/t24-,25-,28?,29?,30?,31?,32?,33+,34?,35?,36?,37?,38?,39?,40?,41?,42?,43?,44?,45?,46?,47?,50-,51-,52+/m1/s1. The number of aliphatic carboxylic acids is 1. The molecule has 21 nitrogen and oxygen atoms in total. The first-order valence-electron chi connectivity index (χ1n) is 26.5. The van der Waals surface area contributed by atoms with Gasteiger partial charge in [-0.3, -0.25) is 4.79 Å². The molecule has 0 bridgehead atoms. The second-order valence-corrected chi connectivity index (χ2v) is 23.8. The Hall–Kier alpha value is -1.81. The van der Waals surface area contributed by atoms with Gasteiger partial charge in [0.2, 0.25) is 0 Å². The Kier molecular flexibility index (Phi) is 17.4. The summed E-state index contributed by atoms with van der Waals surface area (Å²) in [5.74, 6) is -0.0531. The van der Waals surface area contributed by atoms with Crippen molar-refractivity contribution in [1.82, 2.24) is 0 Å². The first kappa shape index (κ1) is 57.4. The highest BCUT2D eigenvalue weighted by atomic mass is 16.8. The molecule has 0 radical (unpaired) electrons. The summed E-state index contributed by atoms with van der Waals surface area (Å²) < 4.78 is 48.5. The van der Waals surface area contributed by atoms with Gasteiger partial charge in [0.25, 0.3) is 0 Å². The number of fused-ring (bicyclic) bond motifs is 4. The highest BCUT2D eigenvalue weighted by Gasteiger charge is 2.69. The van der Waals surface area contributed by atoms with E-state index in [9.17, 15) is 66.1 Å². The van der Waals surface area contributed by atoms with E-state index in [-0.39, 0.29) is 17.3 Å². The summed E-state index contributed by atoms with van der Waals surface area (Å²) >= 11 is 0. The fourth-order valence-electron chi connectivity index (χ4n) is 15.0. The van der Waals surface area contributed by atoms with Crippen LogP contribution in [-0.4, -0.2) is 210 Å². The number of allylic oxidation sites excluding steroid dienone is 3. The van der Waals surface area contributed by atoms with Gasteiger partial charge >= 0.3 is 5.97 Å². The summed E-state index contributed by atoms with van der Waals surface area (Å²) in [4.78, 5) is 13.9. The summed E-state index contributed by atoms with van der Waals surface area (Å²) in [6.45, 7) is 12.8. The number of ether oxygens (including phenoxy) is 8. The Balaban J connectivity index is 1.05. The van der Waals surface area contributed by atoms with Gasteiger partial charge in [-0.05, 0) is 112 Å². The third-order valence-corrected chi connectivity index (χ3v) is 19.1. The Bertz CT molecular complexity index is 1980. The van der Waals surface area contributed by atoms with Crippen LogP contribution >= 0.6 is 0 Å². The summed E-state index contributed by atoms with van der Waals surface area (Å²) in [6.07, 6.45) is -20.8. The number of hydrogen-bond donors (Lipinski definition) is 12. The van der Waals surface area contributed by atoms with Gasteiger partial charge in [-0.1, -0.05) is 57.4 Å². The lowest BCUT2D eigenvalue weighted by atomic mass is 9.43. The Morgan fingerprint density at radius 3 is 1.78 bits per heavy atom. The predicted octanol–water partition coefficient (Wildman–Crippen LogP) is 0.119. The summed E-state index contributed by atoms with van der Waals surface area (Å²) in [6, 6.07) is 0. The molecule has 0 amide bonds. The molecular formula is C52H84O21. The van der Waals surface area contributed by atoms with Crippen molar-refractivity contribution in [3.05, 3.63) is 22.8 Å². The van der Waals surface area contributed by atoms with Crippen molar-refractivity contribution in [2.75, 3.05) is 26.4 Å². The molecule has 73 heavy (non-hydrogen) atoms. The zero-order valence-corrected chi connectivity index (χ0v) is 43.2. The van der Waals surface area contributed by atoms with E-state index in [1.807, 2.05) is 0 Å². The van der Waals surface area contributed by atoms with Crippen molar-refractivity contribution in [3.8, 4) is 0 Å². The Labute approximate surface area is 427 Å². The lowest BCUT2D eigenvalue weighted by Gasteiger charge is -2.62. The molecule has 4 saturated heterocycles.